The first-order valence-corrected chi connectivity index (χ1v) is 7.92. The number of methoxy groups -OCH3 is 2. The van der Waals surface area contributed by atoms with Crippen molar-refractivity contribution in [1.29, 1.82) is 0 Å². The Kier molecular flexibility index (Phi) is 4.19. The Balaban J connectivity index is 2.02. The van der Waals surface area contributed by atoms with Gasteiger partial charge in [-0.3, -0.25) is 0 Å². The van der Waals surface area contributed by atoms with E-state index in [9.17, 15) is 0 Å². The Morgan fingerprint density at radius 2 is 1.95 bits per heavy atom. The molecule has 0 saturated carbocycles. The summed E-state index contributed by atoms with van der Waals surface area (Å²) in [6.07, 6.45) is 3.09. The first-order chi connectivity index (χ1) is 10.6. The Bertz CT molecular complexity index is 539. The number of piperidine rings is 1. The molecule has 0 radical (unpaired) electrons. The number of benzene rings is 1. The second-order valence-electron chi connectivity index (χ2n) is 6.35. The molecule has 1 saturated heterocycles. The molecule has 122 valence electrons. The number of likely N-dealkylation sites (tertiary alicyclic amines) is 1. The van der Waals surface area contributed by atoms with E-state index in [1.807, 2.05) is 13.1 Å². The minimum absolute atomic E-state index is 0.104. The fourth-order valence-electron chi connectivity index (χ4n) is 3.62. The van der Waals surface area contributed by atoms with Crippen LogP contribution in [0.15, 0.2) is 12.1 Å². The van der Waals surface area contributed by atoms with Gasteiger partial charge < -0.3 is 24.4 Å². The lowest BCUT2D eigenvalue weighted by molar-refractivity contribution is -0.0215. The van der Waals surface area contributed by atoms with Crippen molar-refractivity contribution in [2.24, 2.45) is 0 Å². The van der Waals surface area contributed by atoms with Crippen LogP contribution in [0.1, 0.15) is 30.9 Å². The predicted molar refractivity (Wildman–Crippen MR) is 86.1 cm³/mol. The molecule has 5 nitrogen and oxygen atoms in total. The van der Waals surface area contributed by atoms with Crippen LogP contribution in [0, 0.1) is 0 Å². The van der Waals surface area contributed by atoms with Crippen molar-refractivity contribution in [2.45, 2.75) is 30.9 Å². The van der Waals surface area contributed by atoms with Gasteiger partial charge in [0.2, 0.25) is 5.75 Å². The first-order valence-electron chi connectivity index (χ1n) is 7.92. The van der Waals surface area contributed by atoms with E-state index in [0.29, 0.717) is 5.75 Å². The van der Waals surface area contributed by atoms with Gasteiger partial charge in [-0.2, -0.15) is 0 Å². The molecule has 0 bridgehead atoms. The topological polar surface area (TPSA) is 43.0 Å². The highest BCUT2D eigenvalue weighted by atomic mass is 16.5. The van der Waals surface area contributed by atoms with Crippen LogP contribution in [-0.4, -0.2) is 51.9 Å². The third-order valence-corrected chi connectivity index (χ3v) is 5.05. The third kappa shape index (κ3) is 2.52. The van der Waals surface area contributed by atoms with Crippen LogP contribution >= 0.6 is 0 Å². The number of hydrogen-bond donors (Lipinski definition) is 1. The Morgan fingerprint density at radius 1 is 1.23 bits per heavy atom. The van der Waals surface area contributed by atoms with Crippen LogP contribution in [0.25, 0.3) is 0 Å². The molecule has 0 aromatic heterocycles. The summed E-state index contributed by atoms with van der Waals surface area (Å²) in [5.41, 5.74) is 1.05. The second kappa shape index (κ2) is 5.97. The molecule has 2 aliphatic rings. The molecule has 1 spiro atoms. The van der Waals surface area contributed by atoms with Gasteiger partial charge in [0, 0.05) is 31.1 Å². The third-order valence-electron chi connectivity index (χ3n) is 5.05. The number of ether oxygens (including phenoxy) is 3. The van der Waals surface area contributed by atoms with Gasteiger partial charge in [0.05, 0.1) is 14.2 Å². The molecule has 2 aliphatic heterocycles. The lowest BCUT2D eigenvalue weighted by Gasteiger charge is -2.46. The minimum atomic E-state index is -0.104. The first kappa shape index (κ1) is 15.4. The van der Waals surface area contributed by atoms with Crippen molar-refractivity contribution in [3.8, 4) is 17.2 Å². The van der Waals surface area contributed by atoms with E-state index in [1.54, 1.807) is 14.2 Å². The van der Waals surface area contributed by atoms with Crippen molar-refractivity contribution >= 4 is 0 Å². The number of rotatable bonds is 3. The predicted octanol–water partition coefficient (Wildman–Crippen LogP) is 2.21. The summed E-state index contributed by atoms with van der Waals surface area (Å²) in [4.78, 5) is 2.36. The van der Waals surface area contributed by atoms with Crippen LogP contribution in [0.2, 0.25) is 0 Å². The van der Waals surface area contributed by atoms with Gasteiger partial charge in [-0.05, 0) is 39.1 Å². The van der Waals surface area contributed by atoms with Gasteiger partial charge in [-0.1, -0.05) is 0 Å². The standard InChI is InChI=1S/C17H26N2O3/c1-18-13-11-17(7-9-19(2)10-8-17)22-15-12(13)5-6-14(20-3)16(15)21-4/h5-6,13,18H,7-11H2,1-4H3. The SMILES string of the molecule is CNC1CC2(CCN(C)CC2)Oc2c1ccc(OC)c2OC. The highest BCUT2D eigenvalue weighted by Crippen LogP contribution is 2.51. The minimum Gasteiger partial charge on any atom is -0.493 e. The Morgan fingerprint density at radius 3 is 2.55 bits per heavy atom. The second-order valence-corrected chi connectivity index (χ2v) is 6.35. The molecule has 1 atom stereocenters. The molecule has 1 fully saturated rings. The summed E-state index contributed by atoms with van der Waals surface area (Å²) < 4.78 is 17.6. The molecule has 1 N–H and O–H groups in total. The smallest absolute Gasteiger partial charge is 0.203 e. The molecule has 0 aliphatic carbocycles. The molecule has 1 aromatic rings. The number of nitrogens with zero attached hydrogens (tertiary/aromatic N) is 1. The van der Waals surface area contributed by atoms with Gasteiger partial charge in [0.1, 0.15) is 5.60 Å². The highest BCUT2D eigenvalue weighted by Gasteiger charge is 2.44. The molecule has 0 amide bonds. The Labute approximate surface area is 132 Å². The van der Waals surface area contributed by atoms with Gasteiger partial charge in [-0.15, -0.1) is 0 Å². The maximum Gasteiger partial charge on any atom is 0.203 e. The maximum atomic E-state index is 6.53. The summed E-state index contributed by atoms with van der Waals surface area (Å²) in [6.45, 7) is 2.14. The molecule has 2 heterocycles. The van der Waals surface area contributed by atoms with E-state index in [-0.39, 0.29) is 11.6 Å². The summed E-state index contributed by atoms with van der Waals surface area (Å²) >= 11 is 0. The molecule has 1 aromatic carbocycles. The molecular formula is C17H26N2O3. The zero-order chi connectivity index (χ0) is 15.7. The van der Waals surface area contributed by atoms with Gasteiger partial charge in [-0.25, -0.2) is 0 Å². The molecular weight excluding hydrogens is 280 g/mol. The van der Waals surface area contributed by atoms with E-state index in [2.05, 4.69) is 23.3 Å². The van der Waals surface area contributed by atoms with E-state index in [0.717, 1.165) is 49.4 Å². The van der Waals surface area contributed by atoms with Crippen molar-refractivity contribution in [1.82, 2.24) is 10.2 Å². The van der Waals surface area contributed by atoms with Crippen LogP contribution < -0.4 is 19.5 Å². The summed E-state index contributed by atoms with van der Waals surface area (Å²) in [6, 6.07) is 4.32. The van der Waals surface area contributed by atoms with Crippen LogP contribution in [0.3, 0.4) is 0 Å². The molecule has 5 heteroatoms. The van der Waals surface area contributed by atoms with E-state index < -0.39 is 0 Å². The zero-order valence-corrected chi connectivity index (χ0v) is 13.9. The summed E-state index contributed by atoms with van der Waals surface area (Å²) in [7, 11) is 7.52. The molecule has 22 heavy (non-hydrogen) atoms. The van der Waals surface area contributed by atoms with Gasteiger partial charge in [0.15, 0.2) is 11.5 Å². The average molecular weight is 306 g/mol. The molecule has 1 unspecified atom stereocenters. The lowest BCUT2D eigenvalue weighted by atomic mass is 9.80. The van der Waals surface area contributed by atoms with Crippen molar-refractivity contribution in [3.05, 3.63) is 17.7 Å². The number of hydrogen-bond acceptors (Lipinski definition) is 5. The largest absolute Gasteiger partial charge is 0.493 e. The van der Waals surface area contributed by atoms with Crippen molar-refractivity contribution in [2.75, 3.05) is 41.4 Å². The average Bonchev–Trinajstić information content (AvgIpc) is 2.55. The van der Waals surface area contributed by atoms with Crippen LogP contribution in [0.4, 0.5) is 0 Å². The highest BCUT2D eigenvalue weighted by molar-refractivity contribution is 5.58. The summed E-state index contributed by atoms with van der Waals surface area (Å²) in [5.74, 6) is 2.27. The zero-order valence-electron chi connectivity index (χ0n) is 13.9. The van der Waals surface area contributed by atoms with Crippen LogP contribution in [0.5, 0.6) is 17.2 Å². The van der Waals surface area contributed by atoms with Gasteiger partial charge in [0.25, 0.3) is 0 Å². The maximum absolute atomic E-state index is 6.53. The van der Waals surface area contributed by atoms with Crippen LogP contribution in [-0.2, 0) is 0 Å². The fourth-order valence-corrected chi connectivity index (χ4v) is 3.62. The molecule has 3 rings (SSSR count). The number of nitrogens with one attached hydrogen (secondary N) is 1. The Hall–Kier alpha value is -1.46. The van der Waals surface area contributed by atoms with E-state index in [1.165, 1.54) is 0 Å². The normalized spacial score (nSPS) is 23.7. The van der Waals surface area contributed by atoms with E-state index in [4.69, 9.17) is 14.2 Å². The lowest BCUT2D eigenvalue weighted by Crippen LogP contribution is -2.50. The number of fused-ring (bicyclic) bond motifs is 1. The summed E-state index contributed by atoms with van der Waals surface area (Å²) in [5, 5.41) is 3.44. The van der Waals surface area contributed by atoms with Crippen molar-refractivity contribution in [3.63, 3.8) is 0 Å². The van der Waals surface area contributed by atoms with E-state index >= 15 is 0 Å². The quantitative estimate of drug-likeness (QED) is 0.927. The monoisotopic (exact) mass is 306 g/mol. The fraction of sp³-hybridized carbons (Fsp3) is 0.647. The van der Waals surface area contributed by atoms with Crippen molar-refractivity contribution < 1.29 is 14.2 Å². The van der Waals surface area contributed by atoms with Gasteiger partial charge >= 0.3 is 0 Å².